The van der Waals surface area contributed by atoms with Gasteiger partial charge in [-0.3, -0.25) is 8.46 Å². The Bertz CT molecular complexity index is 223. The summed E-state index contributed by atoms with van der Waals surface area (Å²) in [6.45, 7) is 13.3. The molecule has 0 atom stereocenters. The average Bonchev–Trinajstić information content (AvgIpc) is 2.21. The molecule has 7 heteroatoms. The average molecular weight is 269 g/mol. The highest BCUT2D eigenvalue weighted by atomic mass is 28.5. The van der Waals surface area contributed by atoms with Crippen LogP contribution in [0, 0.1) is 0 Å². The van der Waals surface area contributed by atoms with Crippen LogP contribution in [-0.2, 0) is 0 Å². The monoisotopic (exact) mass is 268 g/mol. The molecule has 0 amide bonds. The highest BCUT2D eigenvalue weighted by Gasteiger charge is 2.61. The molecule has 1 heterocycles. The maximum Gasteiger partial charge on any atom is 0.586 e. The van der Waals surface area contributed by atoms with Gasteiger partial charge in [0.05, 0.1) is 0 Å². The lowest BCUT2D eigenvalue weighted by molar-refractivity contribution is 0.437. The number of nitrogens with zero attached hydrogens (tertiary/aromatic N) is 2. The molecule has 15 heavy (non-hydrogen) atoms. The van der Waals surface area contributed by atoms with E-state index in [0.29, 0.717) is 13.1 Å². The van der Waals surface area contributed by atoms with Crippen LogP contribution in [0.25, 0.3) is 0 Å². The van der Waals surface area contributed by atoms with Gasteiger partial charge in [0, 0.05) is 13.1 Å². The van der Waals surface area contributed by atoms with Crippen LogP contribution in [0.4, 0.5) is 8.22 Å². The van der Waals surface area contributed by atoms with Crippen LogP contribution in [-0.4, -0.2) is 47.1 Å². The maximum atomic E-state index is 14.3. The zero-order chi connectivity index (χ0) is 12.1. The number of halogens is 2. The molecule has 1 rings (SSSR count). The smallest absolute Gasteiger partial charge is 0.282 e. The van der Waals surface area contributed by atoms with Crippen molar-refractivity contribution in [2.24, 2.45) is 0 Å². The van der Waals surface area contributed by atoms with Crippen molar-refractivity contribution in [1.82, 2.24) is 8.46 Å². The fourth-order valence-corrected chi connectivity index (χ4v) is 12.1. The molecule has 90 valence electrons. The predicted molar refractivity (Wildman–Crippen MR) is 68.1 cm³/mol. The van der Waals surface area contributed by atoms with Crippen molar-refractivity contribution in [3.8, 4) is 0 Å². The van der Waals surface area contributed by atoms with Crippen LogP contribution in [0.2, 0.25) is 39.3 Å². The first-order chi connectivity index (χ1) is 6.47. The minimum absolute atomic E-state index is 0.583. The van der Waals surface area contributed by atoms with E-state index in [1.54, 1.807) is 8.46 Å². The zero-order valence-corrected chi connectivity index (χ0v) is 13.6. The van der Waals surface area contributed by atoms with Gasteiger partial charge in [-0.15, -0.1) is 0 Å². The fourth-order valence-electron chi connectivity index (χ4n) is 2.09. The number of hydrogen-bond donors (Lipinski definition) is 0. The number of rotatable bonds is 2. The minimum atomic E-state index is -4.28. The summed E-state index contributed by atoms with van der Waals surface area (Å²) in [6.07, 6.45) is 0. The van der Waals surface area contributed by atoms with Gasteiger partial charge in [0.25, 0.3) is 0 Å². The van der Waals surface area contributed by atoms with Gasteiger partial charge in [0.1, 0.15) is 16.5 Å². The predicted octanol–water partition coefficient (Wildman–Crippen LogP) is 2.65. The molecule has 0 aromatic carbocycles. The second-order valence-corrected chi connectivity index (χ2v) is 18.9. The normalized spacial score (nSPS) is 24.8. The van der Waals surface area contributed by atoms with Crippen LogP contribution in [0.15, 0.2) is 0 Å². The Morgan fingerprint density at radius 2 is 1.07 bits per heavy atom. The third-order valence-corrected chi connectivity index (χ3v) is 13.9. The lowest BCUT2D eigenvalue weighted by atomic mass is 10.7. The van der Waals surface area contributed by atoms with E-state index in [9.17, 15) is 8.22 Å². The van der Waals surface area contributed by atoms with Gasteiger partial charge < -0.3 is 0 Å². The van der Waals surface area contributed by atoms with Gasteiger partial charge in [0.2, 0.25) is 0 Å². The molecular formula is C8H22F2N2Si3. The first-order valence-electron chi connectivity index (χ1n) is 5.40. The molecular weight excluding hydrogens is 246 g/mol. The standard InChI is InChI=1S/C8H22F2N2Si3/c1-13(2,3)11-7-8-12(14(4,5)6)15(11,9)10/h7-8H2,1-6H3. The summed E-state index contributed by atoms with van der Waals surface area (Å²) in [4.78, 5) is 0. The van der Waals surface area contributed by atoms with Gasteiger partial charge in [-0.05, 0) is 0 Å². The fraction of sp³-hybridized carbons (Fsp3) is 1.00. The van der Waals surface area contributed by atoms with E-state index in [0.717, 1.165) is 0 Å². The summed E-state index contributed by atoms with van der Waals surface area (Å²) in [5.74, 6) is 0. The molecule has 1 saturated heterocycles. The van der Waals surface area contributed by atoms with Crippen molar-refractivity contribution in [3.05, 3.63) is 0 Å². The zero-order valence-electron chi connectivity index (χ0n) is 10.6. The van der Waals surface area contributed by atoms with E-state index in [1.807, 2.05) is 39.3 Å². The highest BCUT2D eigenvalue weighted by Crippen LogP contribution is 2.33. The van der Waals surface area contributed by atoms with Gasteiger partial charge in [-0.1, -0.05) is 39.3 Å². The highest BCUT2D eigenvalue weighted by molar-refractivity contribution is 6.91. The summed E-state index contributed by atoms with van der Waals surface area (Å²) in [6, 6.07) is 0. The summed E-state index contributed by atoms with van der Waals surface area (Å²) >= 11 is 0. The molecule has 2 nitrogen and oxygen atoms in total. The Hall–Kier alpha value is 0.431. The molecule has 0 spiro atoms. The lowest BCUT2D eigenvalue weighted by Gasteiger charge is -2.38. The molecule has 0 aromatic heterocycles. The third-order valence-electron chi connectivity index (χ3n) is 2.82. The van der Waals surface area contributed by atoms with Crippen LogP contribution >= 0.6 is 0 Å². The van der Waals surface area contributed by atoms with Crippen LogP contribution in [0.1, 0.15) is 0 Å². The number of hydrogen-bond acceptors (Lipinski definition) is 2. The summed E-state index contributed by atoms with van der Waals surface area (Å²) in [7, 11) is -7.99. The topological polar surface area (TPSA) is 6.48 Å². The lowest BCUT2D eigenvalue weighted by Crippen LogP contribution is -2.65. The molecule has 0 radical (unpaired) electrons. The first kappa shape index (κ1) is 13.5. The molecule has 0 aromatic rings. The molecule has 0 aliphatic carbocycles. The molecule has 1 aliphatic heterocycles. The minimum Gasteiger partial charge on any atom is -0.282 e. The van der Waals surface area contributed by atoms with Crippen LogP contribution < -0.4 is 0 Å². The first-order valence-corrected chi connectivity index (χ1v) is 13.9. The Balaban J connectivity index is 2.95. The van der Waals surface area contributed by atoms with E-state index in [-0.39, 0.29) is 0 Å². The van der Waals surface area contributed by atoms with E-state index < -0.39 is 25.5 Å². The third kappa shape index (κ3) is 2.57. The second kappa shape index (κ2) is 3.73. The van der Waals surface area contributed by atoms with Crippen LogP contribution in [0.3, 0.4) is 0 Å². The van der Waals surface area contributed by atoms with Crippen molar-refractivity contribution >= 4 is 25.5 Å². The Labute approximate surface area is 94.9 Å². The van der Waals surface area contributed by atoms with Crippen LogP contribution in [0.5, 0.6) is 0 Å². The van der Waals surface area contributed by atoms with Crippen molar-refractivity contribution in [2.45, 2.75) is 39.3 Å². The molecule has 0 unspecified atom stereocenters. The Morgan fingerprint density at radius 3 is 1.20 bits per heavy atom. The van der Waals surface area contributed by atoms with Crippen molar-refractivity contribution in [2.75, 3.05) is 13.1 Å². The quantitative estimate of drug-likeness (QED) is 0.561. The molecule has 0 bridgehead atoms. The van der Waals surface area contributed by atoms with E-state index in [1.165, 1.54) is 0 Å². The van der Waals surface area contributed by atoms with E-state index in [2.05, 4.69) is 0 Å². The largest absolute Gasteiger partial charge is 0.586 e. The van der Waals surface area contributed by atoms with Gasteiger partial charge in [0.15, 0.2) is 0 Å². The van der Waals surface area contributed by atoms with Gasteiger partial charge in [-0.2, -0.15) is 0 Å². The Kier molecular flexibility index (Phi) is 3.35. The van der Waals surface area contributed by atoms with Crippen molar-refractivity contribution < 1.29 is 8.22 Å². The molecule has 0 N–H and O–H groups in total. The summed E-state index contributed by atoms with van der Waals surface area (Å²) < 4.78 is 31.8. The van der Waals surface area contributed by atoms with Gasteiger partial charge >= 0.3 is 9.06 Å². The molecule has 1 aliphatic rings. The summed E-state index contributed by atoms with van der Waals surface area (Å²) in [5, 5.41) is 0. The Morgan fingerprint density at radius 1 is 0.800 bits per heavy atom. The van der Waals surface area contributed by atoms with Crippen molar-refractivity contribution in [3.63, 3.8) is 0 Å². The maximum absolute atomic E-state index is 14.3. The molecule has 1 fully saturated rings. The van der Waals surface area contributed by atoms with E-state index >= 15 is 0 Å². The SMILES string of the molecule is C[Si](C)(C)N1CCN([Si](C)(C)C)[Si]1(F)F. The van der Waals surface area contributed by atoms with Crippen molar-refractivity contribution in [1.29, 1.82) is 0 Å². The second-order valence-electron chi connectivity index (χ2n) is 6.15. The molecule has 0 saturated carbocycles. The summed E-state index contributed by atoms with van der Waals surface area (Å²) in [5.41, 5.74) is 0. The van der Waals surface area contributed by atoms with E-state index in [4.69, 9.17) is 0 Å². The van der Waals surface area contributed by atoms with Gasteiger partial charge in [-0.25, -0.2) is 8.22 Å².